The van der Waals surface area contributed by atoms with Crippen molar-refractivity contribution < 1.29 is 9.59 Å². The van der Waals surface area contributed by atoms with Gasteiger partial charge >= 0.3 is 0 Å². The van der Waals surface area contributed by atoms with Crippen molar-refractivity contribution in [3.63, 3.8) is 0 Å². The summed E-state index contributed by atoms with van der Waals surface area (Å²) in [4.78, 5) is 28.2. The lowest BCUT2D eigenvalue weighted by molar-refractivity contribution is -0.140. The lowest BCUT2D eigenvalue weighted by atomic mass is 10.1. The van der Waals surface area contributed by atoms with Crippen molar-refractivity contribution in [2.75, 3.05) is 19.3 Å². The smallest absolute Gasteiger partial charge is 0.242 e. The number of hydrogen-bond acceptors (Lipinski definition) is 3. The average Bonchev–Trinajstić information content (AvgIpc) is 2.72. The van der Waals surface area contributed by atoms with Crippen LogP contribution in [0.3, 0.4) is 0 Å². The van der Waals surface area contributed by atoms with Crippen molar-refractivity contribution in [2.45, 2.75) is 44.0 Å². The van der Waals surface area contributed by atoms with Gasteiger partial charge in [0, 0.05) is 30.7 Å². The van der Waals surface area contributed by atoms with E-state index in [9.17, 15) is 9.59 Å². The molecule has 0 fully saturated rings. The second-order valence-corrected chi connectivity index (χ2v) is 7.94. The molecule has 2 amide bonds. The van der Waals surface area contributed by atoms with Crippen LogP contribution in [0, 0.1) is 6.92 Å². The van der Waals surface area contributed by atoms with E-state index in [2.05, 4.69) is 48.6 Å². The number of nitrogens with one attached hydrogen (secondary N) is 1. The summed E-state index contributed by atoms with van der Waals surface area (Å²) in [7, 11) is 1.62. The van der Waals surface area contributed by atoms with Crippen LogP contribution in [-0.4, -0.2) is 42.1 Å². The molecule has 0 saturated heterocycles. The largest absolute Gasteiger partial charge is 0.357 e. The van der Waals surface area contributed by atoms with Crippen LogP contribution in [0.25, 0.3) is 0 Å². The van der Waals surface area contributed by atoms with Gasteiger partial charge in [0.05, 0.1) is 0 Å². The second kappa shape index (κ2) is 11.5. The molecule has 2 rings (SSSR count). The van der Waals surface area contributed by atoms with Crippen molar-refractivity contribution >= 4 is 23.6 Å². The summed E-state index contributed by atoms with van der Waals surface area (Å²) in [5, 5.41) is 2.70. The zero-order valence-electron chi connectivity index (χ0n) is 17.0. The number of aryl methyl sites for hydroxylation is 1. The molecule has 0 bridgehead atoms. The first-order valence-corrected chi connectivity index (χ1v) is 10.8. The first kappa shape index (κ1) is 22.0. The highest BCUT2D eigenvalue weighted by Gasteiger charge is 2.27. The molecule has 5 heteroatoms. The number of thioether (sulfide) groups is 1. The predicted molar refractivity (Wildman–Crippen MR) is 117 cm³/mol. The number of benzene rings is 2. The van der Waals surface area contributed by atoms with Gasteiger partial charge in [-0.3, -0.25) is 9.59 Å². The summed E-state index contributed by atoms with van der Waals surface area (Å²) in [6.45, 7) is 4.56. The number of nitrogens with zero attached hydrogens (tertiary/aromatic N) is 1. The Morgan fingerprint density at radius 2 is 1.75 bits per heavy atom. The van der Waals surface area contributed by atoms with Gasteiger partial charge in [-0.15, -0.1) is 11.8 Å². The summed E-state index contributed by atoms with van der Waals surface area (Å²) < 4.78 is 0. The molecule has 28 heavy (non-hydrogen) atoms. The number of carbonyl (C=O) groups is 2. The Bertz CT molecular complexity index is 747. The minimum Gasteiger partial charge on any atom is -0.357 e. The van der Waals surface area contributed by atoms with Gasteiger partial charge in [0.2, 0.25) is 11.8 Å². The van der Waals surface area contributed by atoms with Crippen LogP contribution in [0.2, 0.25) is 0 Å². The van der Waals surface area contributed by atoms with E-state index >= 15 is 0 Å². The molecule has 0 aliphatic heterocycles. The topological polar surface area (TPSA) is 49.4 Å². The zero-order valence-corrected chi connectivity index (χ0v) is 17.8. The zero-order chi connectivity index (χ0) is 20.4. The molecule has 0 radical (unpaired) electrons. The third-order valence-corrected chi connectivity index (χ3v) is 5.74. The maximum atomic E-state index is 13.0. The van der Waals surface area contributed by atoms with Gasteiger partial charge in [0.15, 0.2) is 0 Å². The van der Waals surface area contributed by atoms with E-state index < -0.39 is 6.04 Å². The van der Waals surface area contributed by atoms with Gasteiger partial charge in [0.25, 0.3) is 0 Å². The summed E-state index contributed by atoms with van der Waals surface area (Å²) in [5.41, 5.74) is 2.39. The van der Waals surface area contributed by atoms with E-state index in [1.807, 2.05) is 25.1 Å². The molecule has 0 aliphatic carbocycles. The van der Waals surface area contributed by atoms with Crippen LogP contribution >= 0.6 is 11.8 Å². The molecule has 0 aromatic heterocycles. The Balaban J connectivity index is 2.00. The molecular formula is C23H30N2O2S. The third-order valence-electron chi connectivity index (χ3n) is 4.72. The van der Waals surface area contributed by atoms with E-state index in [-0.39, 0.29) is 11.8 Å². The molecule has 1 atom stereocenters. The molecule has 1 N–H and O–H groups in total. The van der Waals surface area contributed by atoms with Crippen molar-refractivity contribution in [1.29, 1.82) is 0 Å². The Hall–Kier alpha value is -2.27. The van der Waals surface area contributed by atoms with Gasteiger partial charge in [0.1, 0.15) is 6.04 Å². The molecule has 0 saturated carbocycles. The van der Waals surface area contributed by atoms with Crippen LogP contribution in [0.15, 0.2) is 59.5 Å². The van der Waals surface area contributed by atoms with Crippen LogP contribution in [0.4, 0.5) is 0 Å². The highest BCUT2D eigenvalue weighted by atomic mass is 32.2. The molecule has 0 unspecified atom stereocenters. The molecule has 2 aromatic carbocycles. The standard InChI is InChI=1S/C23H30N2O2S/c1-4-21(23(27)24-3)25(16-14-19-8-6-5-7-9-19)22(26)15-17-28-20-12-10-18(2)11-13-20/h5-13,21H,4,14-17H2,1-3H3,(H,24,27)/t21-/m1/s1. The first-order valence-electron chi connectivity index (χ1n) is 9.79. The van der Waals surface area contributed by atoms with Crippen LogP contribution < -0.4 is 5.32 Å². The van der Waals surface area contributed by atoms with Crippen LogP contribution in [0.1, 0.15) is 30.9 Å². The Kier molecular flexibility index (Phi) is 9.08. The average molecular weight is 399 g/mol. The lowest BCUT2D eigenvalue weighted by Gasteiger charge is -2.30. The number of amides is 2. The minimum atomic E-state index is -0.425. The Morgan fingerprint density at radius 3 is 2.36 bits per heavy atom. The quantitative estimate of drug-likeness (QED) is 0.614. The monoisotopic (exact) mass is 398 g/mol. The summed E-state index contributed by atoms with van der Waals surface area (Å²) in [6, 6.07) is 18.0. The highest BCUT2D eigenvalue weighted by Crippen LogP contribution is 2.20. The second-order valence-electron chi connectivity index (χ2n) is 6.77. The molecule has 150 valence electrons. The van der Waals surface area contributed by atoms with Crippen molar-refractivity contribution in [3.8, 4) is 0 Å². The summed E-state index contributed by atoms with van der Waals surface area (Å²) in [5.74, 6) is 0.634. The number of likely N-dealkylation sites (N-methyl/N-ethyl adjacent to an activating group) is 1. The lowest BCUT2D eigenvalue weighted by Crippen LogP contribution is -2.49. The SMILES string of the molecule is CC[C@H](C(=O)NC)N(CCc1ccccc1)C(=O)CCSc1ccc(C)cc1. The van der Waals surface area contributed by atoms with Gasteiger partial charge in [-0.25, -0.2) is 0 Å². The fraction of sp³-hybridized carbons (Fsp3) is 0.391. The maximum absolute atomic E-state index is 13.0. The van der Waals surface area contributed by atoms with Gasteiger partial charge in [-0.1, -0.05) is 55.0 Å². The predicted octanol–water partition coefficient (Wildman–Crippen LogP) is 4.07. The van der Waals surface area contributed by atoms with Gasteiger partial charge < -0.3 is 10.2 Å². The molecule has 2 aromatic rings. The Labute approximate surface area is 172 Å². The summed E-state index contributed by atoms with van der Waals surface area (Å²) in [6.07, 6.45) is 1.76. The minimum absolute atomic E-state index is 0.0333. The maximum Gasteiger partial charge on any atom is 0.242 e. The first-order chi connectivity index (χ1) is 13.5. The molecule has 0 aliphatic rings. The van der Waals surface area contributed by atoms with E-state index in [0.29, 0.717) is 25.1 Å². The van der Waals surface area contributed by atoms with Crippen LogP contribution in [-0.2, 0) is 16.0 Å². The van der Waals surface area contributed by atoms with E-state index in [1.165, 1.54) is 11.1 Å². The Morgan fingerprint density at radius 1 is 1.07 bits per heavy atom. The number of carbonyl (C=O) groups excluding carboxylic acids is 2. The fourth-order valence-electron chi connectivity index (χ4n) is 3.10. The van der Waals surface area contributed by atoms with E-state index in [0.717, 1.165) is 11.3 Å². The number of rotatable bonds is 10. The van der Waals surface area contributed by atoms with E-state index in [1.54, 1.807) is 23.7 Å². The molecule has 4 nitrogen and oxygen atoms in total. The number of hydrogen-bond donors (Lipinski definition) is 1. The molecular weight excluding hydrogens is 368 g/mol. The van der Waals surface area contributed by atoms with Crippen molar-refractivity contribution in [3.05, 3.63) is 65.7 Å². The normalized spacial score (nSPS) is 11.7. The third kappa shape index (κ3) is 6.71. The van der Waals surface area contributed by atoms with E-state index in [4.69, 9.17) is 0 Å². The summed E-state index contributed by atoms with van der Waals surface area (Å²) >= 11 is 1.67. The van der Waals surface area contributed by atoms with Gasteiger partial charge in [-0.05, 0) is 37.5 Å². The molecule has 0 spiro atoms. The van der Waals surface area contributed by atoms with Crippen LogP contribution in [0.5, 0.6) is 0 Å². The molecule has 0 heterocycles. The van der Waals surface area contributed by atoms with Crippen molar-refractivity contribution in [1.82, 2.24) is 10.2 Å². The van der Waals surface area contributed by atoms with Gasteiger partial charge in [-0.2, -0.15) is 0 Å². The van der Waals surface area contributed by atoms with Crippen molar-refractivity contribution in [2.24, 2.45) is 0 Å². The fourth-order valence-corrected chi connectivity index (χ4v) is 3.94. The highest BCUT2D eigenvalue weighted by molar-refractivity contribution is 7.99.